The first-order valence-electron chi connectivity index (χ1n) is 29.3. The summed E-state index contributed by atoms with van der Waals surface area (Å²) in [5.74, 6) is -2.44. The fourth-order valence-electron chi connectivity index (χ4n) is 8.81. The smallest absolute Gasteiger partial charge is 0.335 e. The van der Waals surface area contributed by atoms with Crippen LogP contribution >= 0.6 is 0 Å². The van der Waals surface area contributed by atoms with E-state index in [1.165, 1.54) is 148 Å². The second kappa shape index (κ2) is 50.1. The number of carboxylic acid groups (broad SMARTS) is 1. The molecule has 6 unspecified atom stereocenters. The maximum atomic E-state index is 12.9. The third-order valence-corrected chi connectivity index (χ3v) is 13.4. The molecule has 0 radical (unpaired) electrons. The largest absolute Gasteiger partial charge is 0.479 e. The average Bonchev–Trinajstić information content (AvgIpc) is 3.37. The lowest BCUT2D eigenvalue weighted by atomic mass is 9.99. The molecule has 6 atom stereocenters. The third-order valence-electron chi connectivity index (χ3n) is 13.4. The van der Waals surface area contributed by atoms with Crippen molar-refractivity contribution in [2.24, 2.45) is 0 Å². The number of ether oxygens (including phenoxy) is 4. The van der Waals surface area contributed by atoms with Gasteiger partial charge >= 0.3 is 17.9 Å². The Balaban J connectivity index is 2.23. The van der Waals surface area contributed by atoms with E-state index in [1.54, 1.807) is 0 Å². The van der Waals surface area contributed by atoms with Crippen LogP contribution in [-0.4, -0.2) is 88.4 Å². The number of aliphatic hydroxyl groups excluding tert-OH is 3. The molecule has 11 heteroatoms. The molecule has 0 saturated carbocycles. The molecule has 0 aliphatic carbocycles. The van der Waals surface area contributed by atoms with E-state index in [-0.39, 0.29) is 19.4 Å². The fraction of sp³-hybridized carbons (Fsp3) is 0.787. The minimum Gasteiger partial charge on any atom is -0.479 e. The molecule has 1 fully saturated rings. The van der Waals surface area contributed by atoms with Gasteiger partial charge in [0.25, 0.3) is 0 Å². The molecule has 1 aliphatic rings. The highest BCUT2D eigenvalue weighted by Crippen LogP contribution is 2.23. The highest BCUT2D eigenvalue weighted by atomic mass is 16.7. The van der Waals surface area contributed by atoms with E-state index >= 15 is 0 Å². The fourth-order valence-corrected chi connectivity index (χ4v) is 8.81. The Bertz CT molecular complexity index is 1420. The van der Waals surface area contributed by atoms with E-state index in [9.17, 15) is 34.8 Å². The molecule has 1 saturated heterocycles. The Hall–Kier alpha value is -3.09. The van der Waals surface area contributed by atoms with Gasteiger partial charge in [0.05, 0.1) is 6.61 Å². The van der Waals surface area contributed by atoms with Crippen LogP contribution in [0.1, 0.15) is 258 Å². The predicted molar refractivity (Wildman–Crippen MR) is 294 cm³/mol. The normalized spacial score (nSPS) is 18.9. The maximum Gasteiger partial charge on any atom is 0.335 e. The first-order valence-corrected chi connectivity index (χ1v) is 29.3. The SMILES string of the molecule is CC/C=C\C/C=C\C/C=C\C/C=C\CCCCCCCCCCCCC(=O)OCC(COC1OC(C(=O)O)C(O)C(O)C1O)OC(=O)CCCCCCCCCCCCC/C=C\CCCCCCCCCC. The summed E-state index contributed by atoms with van der Waals surface area (Å²) in [6.45, 7) is 3.74. The molecule has 0 amide bonds. The molecule has 416 valence electrons. The van der Waals surface area contributed by atoms with Crippen LogP contribution in [0.4, 0.5) is 0 Å². The highest BCUT2D eigenvalue weighted by Gasteiger charge is 2.47. The molecule has 0 spiro atoms. The number of aliphatic hydroxyl groups is 3. The summed E-state index contributed by atoms with van der Waals surface area (Å²) in [6.07, 6.45) is 55.6. The van der Waals surface area contributed by atoms with Crippen molar-refractivity contribution in [3.8, 4) is 0 Å². The van der Waals surface area contributed by atoms with Crippen molar-refractivity contribution in [1.82, 2.24) is 0 Å². The second-order valence-electron chi connectivity index (χ2n) is 20.1. The monoisotopic (exact) mass is 1010 g/mol. The predicted octanol–water partition coefficient (Wildman–Crippen LogP) is 15.0. The van der Waals surface area contributed by atoms with Gasteiger partial charge in [-0.2, -0.15) is 0 Å². The van der Waals surface area contributed by atoms with E-state index in [0.717, 1.165) is 70.6 Å². The molecular weight excluding hydrogens is 909 g/mol. The first-order chi connectivity index (χ1) is 35.2. The number of allylic oxidation sites excluding steroid dienone is 10. The van der Waals surface area contributed by atoms with E-state index in [0.29, 0.717) is 12.8 Å². The van der Waals surface area contributed by atoms with E-state index in [2.05, 4.69) is 74.6 Å². The molecule has 72 heavy (non-hydrogen) atoms. The van der Waals surface area contributed by atoms with Gasteiger partial charge in [0.15, 0.2) is 18.5 Å². The standard InChI is InChI=1S/C61H106O11/c1-3-5-7-9-11-13-15-17-19-21-23-25-27-29-31-33-35-37-39-41-43-45-47-49-54(62)69-51-53(52-70-61-58(66)56(64)57(65)59(72-61)60(67)68)71-55(63)50-48-46-44-42-40-38-36-34-32-30-28-26-24-22-20-18-16-14-12-10-8-6-4-2/h5,7,11,13,17,19,22-25,53,56-59,61,64-66H,3-4,6,8-10,12,14-16,18,20-21,26-52H2,1-2H3,(H,67,68)/b7-5-,13-11-,19-17-,24-22-,25-23-. The highest BCUT2D eigenvalue weighted by molar-refractivity contribution is 5.73. The quantitative estimate of drug-likeness (QED) is 0.0260. The lowest BCUT2D eigenvalue weighted by molar-refractivity contribution is -0.298. The lowest BCUT2D eigenvalue weighted by Gasteiger charge is -2.38. The summed E-state index contributed by atoms with van der Waals surface area (Å²) in [5, 5.41) is 40.1. The number of carbonyl (C=O) groups is 3. The van der Waals surface area contributed by atoms with Crippen molar-refractivity contribution >= 4 is 17.9 Å². The van der Waals surface area contributed by atoms with E-state index < -0.39 is 61.3 Å². The Morgan fingerprint density at radius 3 is 1.25 bits per heavy atom. The molecule has 0 aromatic carbocycles. The molecule has 0 aromatic heterocycles. The summed E-state index contributed by atoms with van der Waals surface area (Å²) < 4.78 is 21.9. The topological polar surface area (TPSA) is 169 Å². The number of hydrogen-bond acceptors (Lipinski definition) is 10. The van der Waals surface area contributed by atoms with Crippen LogP contribution in [0.5, 0.6) is 0 Å². The van der Waals surface area contributed by atoms with Crippen LogP contribution in [-0.2, 0) is 33.3 Å². The van der Waals surface area contributed by atoms with Gasteiger partial charge in [-0.05, 0) is 77.0 Å². The van der Waals surface area contributed by atoms with Crippen LogP contribution in [0.25, 0.3) is 0 Å². The zero-order valence-electron chi connectivity index (χ0n) is 45.7. The minimum atomic E-state index is -1.86. The van der Waals surface area contributed by atoms with Gasteiger partial charge < -0.3 is 39.4 Å². The van der Waals surface area contributed by atoms with Gasteiger partial charge in [-0.15, -0.1) is 0 Å². The van der Waals surface area contributed by atoms with Crippen LogP contribution in [0.15, 0.2) is 60.8 Å². The molecule has 1 heterocycles. The Labute approximate surface area is 438 Å². The molecule has 0 bridgehead atoms. The zero-order valence-corrected chi connectivity index (χ0v) is 45.7. The van der Waals surface area contributed by atoms with Crippen molar-refractivity contribution in [3.63, 3.8) is 0 Å². The van der Waals surface area contributed by atoms with Crippen molar-refractivity contribution in [2.75, 3.05) is 13.2 Å². The average molecular weight is 1020 g/mol. The summed E-state index contributed by atoms with van der Waals surface area (Å²) in [4.78, 5) is 37.1. The minimum absolute atomic E-state index is 0.181. The summed E-state index contributed by atoms with van der Waals surface area (Å²) in [6, 6.07) is 0. The second-order valence-corrected chi connectivity index (χ2v) is 20.1. The number of esters is 2. The number of unbranched alkanes of at least 4 members (excludes halogenated alkanes) is 29. The summed E-state index contributed by atoms with van der Waals surface area (Å²) in [5.41, 5.74) is 0. The van der Waals surface area contributed by atoms with Gasteiger partial charge in [0.1, 0.15) is 24.9 Å². The summed E-state index contributed by atoms with van der Waals surface area (Å²) >= 11 is 0. The first kappa shape index (κ1) is 66.9. The van der Waals surface area contributed by atoms with E-state index in [4.69, 9.17) is 18.9 Å². The molecule has 1 aliphatic heterocycles. The molecule has 4 N–H and O–H groups in total. The lowest BCUT2D eigenvalue weighted by Crippen LogP contribution is -2.60. The van der Waals surface area contributed by atoms with Crippen molar-refractivity contribution < 1.29 is 53.8 Å². The molecule has 1 rings (SSSR count). The molecule has 11 nitrogen and oxygen atoms in total. The van der Waals surface area contributed by atoms with Gasteiger partial charge in [-0.1, -0.05) is 229 Å². The van der Waals surface area contributed by atoms with Crippen LogP contribution in [0.3, 0.4) is 0 Å². The Morgan fingerprint density at radius 1 is 0.444 bits per heavy atom. The molecule has 0 aromatic rings. The number of rotatable bonds is 50. The van der Waals surface area contributed by atoms with Crippen molar-refractivity contribution in [2.45, 2.75) is 295 Å². The third kappa shape index (κ3) is 40.3. The van der Waals surface area contributed by atoms with Crippen LogP contribution < -0.4 is 0 Å². The van der Waals surface area contributed by atoms with E-state index in [1.807, 2.05) is 0 Å². The Kier molecular flexibility index (Phi) is 46.6. The van der Waals surface area contributed by atoms with Gasteiger partial charge in [-0.3, -0.25) is 9.59 Å². The van der Waals surface area contributed by atoms with Crippen molar-refractivity contribution in [3.05, 3.63) is 60.8 Å². The molecular formula is C61H106O11. The number of carboxylic acids is 1. The maximum absolute atomic E-state index is 12.9. The van der Waals surface area contributed by atoms with Gasteiger partial charge in [0.2, 0.25) is 0 Å². The summed E-state index contributed by atoms with van der Waals surface area (Å²) in [7, 11) is 0. The van der Waals surface area contributed by atoms with Crippen LogP contribution in [0.2, 0.25) is 0 Å². The van der Waals surface area contributed by atoms with Crippen LogP contribution in [0, 0.1) is 0 Å². The van der Waals surface area contributed by atoms with Gasteiger partial charge in [-0.25, -0.2) is 4.79 Å². The Morgan fingerprint density at radius 2 is 0.819 bits per heavy atom. The number of carbonyl (C=O) groups excluding carboxylic acids is 2. The number of aliphatic carboxylic acids is 1. The van der Waals surface area contributed by atoms with Crippen molar-refractivity contribution in [1.29, 1.82) is 0 Å². The number of hydrogen-bond donors (Lipinski definition) is 4. The van der Waals surface area contributed by atoms with Gasteiger partial charge in [0, 0.05) is 12.8 Å². The zero-order chi connectivity index (χ0) is 52.4.